The molecule has 0 saturated carbocycles. The van der Waals surface area contributed by atoms with Gasteiger partial charge in [-0.2, -0.15) is 0 Å². The SMILES string of the molecule is CC(N)(O)c1cc(-c2cn(CCCC(=O)NCCCCCCNc3cccc4c3C(=O)N(C3CCC(=O)NC3=O)C4=O)cn2)cnc1OC1CCN(C(=O)Cc2ccc(OC(F)(F)F)cc2)C[C@H]1F. The summed E-state index contributed by atoms with van der Waals surface area (Å²) in [5.41, 5.74) is 6.60. The highest BCUT2D eigenvalue weighted by atomic mass is 19.4. The molecule has 2 fully saturated rings. The summed E-state index contributed by atoms with van der Waals surface area (Å²) in [7, 11) is 0. The number of aryl methyl sites for hydroxylation is 1. The highest BCUT2D eigenvalue weighted by molar-refractivity contribution is 6.25. The Kier molecular flexibility index (Phi) is 15.6. The number of likely N-dealkylation sites (tertiary alicyclic amines) is 1. The summed E-state index contributed by atoms with van der Waals surface area (Å²) >= 11 is 0. The molecule has 368 valence electrons. The van der Waals surface area contributed by atoms with Gasteiger partial charge in [0, 0.05) is 69.1 Å². The first-order chi connectivity index (χ1) is 32.8. The van der Waals surface area contributed by atoms with Crippen molar-refractivity contribution in [2.45, 2.75) is 108 Å². The minimum absolute atomic E-state index is 0.0434. The number of halogens is 4. The number of aromatic nitrogens is 3. The van der Waals surface area contributed by atoms with Gasteiger partial charge >= 0.3 is 6.36 Å². The Morgan fingerprint density at radius 1 is 0.971 bits per heavy atom. The van der Waals surface area contributed by atoms with Crippen LogP contribution in [-0.4, -0.2) is 116 Å². The minimum Gasteiger partial charge on any atom is -0.471 e. The van der Waals surface area contributed by atoms with Gasteiger partial charge in [0.1, 0.15) is 23.6 Å². The highest BCUT2D eigenvalue weighted by Gasteiger charge is 2.45. The van der Waals surface area contributed by atoms with Crippen molar-refractivity contribution in [1.82, 2.24) is 35.0 Å². The van der Waals surface area contributed by atoms with Crippen LogP contribution in [0.15, 0.2) is 67.3 Å². The van der Waals surface area contributed by atoms with Gasteiger partial charge < -0.3 is 34.7 Å². The number of fused-ring (bicyclic) bond motifs is 1. The van der Waals surface area contributed by atoms with Gasteiger partial charge in [0.05, 0.1) is 41.7 Å². The molecule has 0 radical (unpaired) electrons. The molecule has 2 aromatic carbocycles. The molecule has 6 N–H and O–H groups in total. The number of nitrogens with one attached hydrogen (secondary N) is 3. The fourth-order valence-electron chi connectivity index (χ4n) is 8.39. The van der Waals surface area contributed by atoms with E-state index in [0.717, 1.165) is 42.7 Å². The fraction of sp³-hybridized carbons (Fsp3) is 0.447. The van der Waals surface area contributed by atoms with Gasteiger partial charge in [-0.1, -0.05) is 31.0 Å². The number of alkyl halides is 4. The summed E-state index contributed by atoms with van der Waals surface area (Å²) in [5.74, 6) is -3.23. The molecule has 0 spiro atoms. The van der Waals surface area contributed by atoms with Crippen molar-refractivity contribution in [2.75, 3.05) is 31.5 Å². The van der Waals surface area contributed by atoms with Crippen LogP contribution in [0.3, 0.4) is 0 Å². The molecule has 69 heavy (non-hydrogen) atoms. The number of hydrogen-bond donors (Lipinski definition) is 5. The monoisotopic (exact) mass is 963 g/mol. The van der Waals surface area contributed by atoms with Gasteiger partial charge in [0.15, 0.2) is 6.17 Å². The molecule has 6 amide bonds. The molecule has 2 saturated heterocycles. The van der Waals surface area contributed by atoms with Crippen LogP contribution in [0.25, 0.3) is 11.3 Å². The lowest BCUT2D eigenvalue weighted by molar-refractivity contribution is -0.274. The zero-order valence-electron chi connectivity index (χ0n) is 37.7. The number of nitrogens with two attached hydrogens (primary N) is 1. The zero-order valence-corrected chi connectivity index (χ0v) is 37.7. The third-order valence-electron chi connectivity index (χ3n) is 12.0. The Labute approximate surface area is 393 Å². The number of anilines is 1. The van der Waals surface area contributed by atoms with Crippen LogP contribution in [0.2, 0.25) is 0 Å². The summed E-state index contributed by atoms with van der Waals surface area (Å²) in [6.45, 7) is 2.72. The Hall–Kier alpha value is -6.94. The normalized spacial score (nSPS) is 19.2. The number of imidazole rings is 1. The van der Waals surface area contributed by atoms with Crippen molar-refractivity contribution in [2.24, 2.45) is 5.73 Å². The van der Waals surface area contributed by atoms with Crippen molar-refractivity contribution in [3.8, 4) is 22.9 Å². The van der Waals surface area contributed by atoms with Crippen LogP contribution >= 0.6 is 0 Å². The van der Waals surface area contributed by atoms with E-state index in [1.807, 2.05) is 4.57 Å². The smallest absolute Gasteiger partial charge is 0.471 e. The molecule has 3 unspecified atom stereocenters. The van der Waals surface area contributed by atoms with E-state index in [1.54, 1.807) is 36.8 Å². The Balaban J connectivity index is 0.795. The molecule has 2 aromatic heterocycles. The second-order valence-corrected chi connectivity index (χ2v) is 17.4. The molecule has 4 aromatic rings. The van der Waals surface area contributed by atoms with Crippen molar-refractivity contribution in [3.63, 3.8) is 0 Å². The molecular formula is C47H53F4N9O9. The number of carbonyl (C=O) groups is 6. The van der Waals surface area contributed by atoms with E-state index in [2.05, 4.69) is 30.7 Å². The third kappa shape index (κ3) is 12.8. The third-order valence-corrected chi connectivity index (χ3v) is 12.0. The van der Waals surface area contributed by atoms with Gasteiger partial charge in [-0.3, -0.25) is 44.7 Å². The Bertz CT molecular complexity index is 2550. The second kappa shape index (κ2) is 21.6. The number of pyridine rings is 1. The first-order valence-electron chi connectivity index (χ1n) is 22.7. The van der Waals surface area contributed by atoms with Gasteiger partial charge in [-0.15, -0.1) is 13.2 Å². The number of aliphatic hydroxyl groups is 1. The van der Waals surface area contributed by atoms with Crippen LogP contribution < -0.4 is 31.2 Å². The van der Waals surface area contributed by atoms with E-state index in [1.165, 1.54) is 30.2 Å². The lowest BCUT2D eigenvalue weighted by Crippen LogP contribution is -2.54. The van der Waals surface area contributed by atoms with Crippen molar-refractivity contribution in [3.05, 3.63) is 89.5 Å². The summed E-state index contributed by atoms with van der Waals surface area (Å²) in [6, 6.07) is 10.3. The number of benzene rings is 2. The number of nitrogens with zero attached hydrogens (tertiary/aromatic N) is 5. The molecule has 5 heterocycles. The van der Waals surface area contributed by atoms with Crippen LogP contribution in [0.1, 0.15) is 96.6 Å². The highest BCUT2D eigenvalue weighted by Crippen LogP contribution is 2.34. The standard InChI is InChI=1S/C47H53F4N9O9/c1-46(52,67)32-23-29(24-55-43(32)68-37-17-21-59(25-33(37)48)40(63)22-28-11-13-30(14-12-28)69-47(49,50)51)35-26-58(27-56-35)20-7-10-38(61)54-19-5-3-2-4-18-53-34-9-6-8-31-41(34)45(66)60(44(31)65)36-15-16-39(62)57-42(36)64/h6,8-9,11-14,23-24,26-27,33,36-37,53,67H,2-5,7,10,15-22,25,52H2,1H3,(H,54,61)(H,57,62,64)/t33-,36?,37?,46?/m1/s1. The molecule has 3 aliphatic rings. The van der Waals surface area contributed by atoms with E-state index >= 15 is 4.39 Å². The fourth-order valence-corrected chi connectivity index (χ4v) is 8.39. The van der Waals surface area contributed by atoms with Crippen LogP contribution in [0, 0.1) is 0 Å². The number of rotatable bonds is 20. The van der Waals surface area contributed by atoms with Crippen LogP contribution in [-0.2, 0) is 37.9 Å². The number of amides is 6. The van der Waals surface area contributed by atoms with E-state index in [0.29, 0.717) is 48.6 Å². The summed E-state index contributed by atoms with van der Waals surface area (Å²) in [6.07, 6.45) is 1.46. The molecule has 3 aliphatic heterocycles. The number of hydrogen-bond acceptors (Lipinski definition) is 13. The van der Waals surface area contributed by atoms with Crippen molar-refractivity contribution in [1.29, 1.82) is 0 Å². The first kappa shape index (κ1) is 50.0. The van der Waals surface area contributed by atoms with Crippen molar-refractivity contribution >= 4 is 41.1 Å². The Morgan fingerprint density at radius 2 is 1.72 bits per heavy atom. The maximum Gasteiger partial charge on any atom is 0.573 e. The quantitative estimate of drug-likeness (QED) is 0.0356. The van der Waals surface area contributed by atoms with Crippen LogP contribution in [0.5, 0.6) is 11.6 Å². The Morgan fingerprint density at radius 3 is 2.43 bits per heavy atom. The van der Waals surface area contributed by atoms with E-state index in [9.17, 15) is 47.0 Å². The number of imide groups is 2. The average molecular weight is 964 g/mol. The van der Waals surface area contributed by atoms with E-state index in [-0.39, 0.29) is 73.7 Å². The largest absolute Gasteiger partial charge is 0.573 e. The minimum atomic E-state index is -4.84. The molecule has 0 bridgehead atoms. The summed E-state index contributed by atoms with van der Waals surface area (Å²) in [5, 5.41) is 19.2. The van der Waals surface area contributed by atoms with E-state index < -0.39 is 65.7 Å². The number of ether oxygens (including phenoxy) is 2. The number of carbonyl (C=O) groups excluding carboxylic acids is 6. The first-order valence-corrected chi connectivity index (χ1v) is 22.7. The zero-order chi connectivity index (χ0) is 49.5. The predicted octanol–water partition coefficient (Wildman–Crippen LogP) is 4.50. The lowest BCUT2D eigenvalue weighted by atomic mass is 10.0. The maximum absolute atomic E-state index is 15.5. The number of unbranched alkanes of at least 4 members (excludes halogenated alkanes) is 3. The maximum atomic E-state index is 15.5. The number of piperidine rings is 2. The molecule has 7 rings (SSSR count). The summed E-state index contributed by atoms with van der Waals surface area (Å²) in [4.78, 5) is 86.9. The second-order valence-electron chi connectivity index (χ2n) is 17.4. The topological polar surface area (TPSA) is 240 Å². The summed E-state index contributed by atoms with van der Waals surface area (Å²) < 4.78 is 64.5. The van der Waals surface area contributed by atoms with Gasteiger partial charge in [0.2, 0.25) is 29.5 Å². The van der Waals surface area contributed by atoms with Gasteiger partial charge in [-0.05, 0) is 68.5 Å². The van der Waals surface area contributed by atoms with Crippen LogP contribution in [0.4, 0.5) is 23.2 Å². The van der Waals surface area contributed by atoms with Gasteiger partial charge in [0.25, 0.3) is 11.8 Å². The molecule has 4 atom stereocenters. The van der Waals surface area contributed by atoms with E-state index in [4.69, 9.17) is 10.5 Å². The van der Waals surface area contributed by atoms with Crippen molar-refractivity contribution < 1.29 is 60.9 Å². The average Bonchev–Trinajstić information content (AvgIpc) is 3.87. The molecular weight excluding hydrogens is 911 g/mol. The predicted molar refractivity (Wildman–Crippen MR) is 239 cm³/mol. The lowest BCUT2D eigenvalue weighted by Gasteiger charge is -2.35. The molecule has 22 heteroatoms. The van der Waals surface area contributed by atoms with Gasteiger partial charge in [-0.25, -0.2) is 14.4 Å². The molecule has 18 nitrogen and oxygen atoms in total. The molecule has 0 aliphatic carbocycles.